The Morgan fingerprint density at radius 3 is 2.46 bits per heavy atom. The summed E-state index contributed by atoms with van der Waals surface area (Å²) in [7, 11) is 1.50. The summed E-state index contributed by atoms with van der Waals surface area (Å²) in [6.07, 6.45) is 2.04. The Morgan fingerprint density at radius 1 is 1.08 bits per heavy atom. The molecule has 9 heteroatoms. The molecule has 0 amide bonds. The van der Waals surface area contributed by atoms with Crippen molar-refractivity contribution in [3.05, 3.63) is 108 Å². The van der Waals surface area contributed by atoms with Crippen LogP contribution in [0.2, 0.25) is 0 Å². The molecule has 1 atom stereocenters. The van der Waals surface area contributed by atoms with Crippen molar-refractivity contribution < 1.29 is 22.3 Å². The number of hydrogen-bond donors (Lipinski definition) is 1. The maximum Gasteiger partial charge on any atom is 0.371 e. The van der Waals surface area contributed by atoms with E-state index in [1.54, 1.807) is 54.6 Å². The van der Waals surface area contributed by atoms with Crippen molar-refractivity contribution in [3.8, 4) is 11.4 Å². The van der Waals surface area contributed by atoms with Crippen LogP contribution in [0.25, 0.3) is 5.69 Å². The highest BCUT2D eigenvalue weighted by atomic mass is 19.3. The summed E-state index contributed by atoms with van der Waals surface area (Å²) in [5, 5.41) is 7.35. The smallest absolute Gasteiger partial charge is 0.371 e. The van der Waals surface area contributed by atoms with Gasteiger partial charge in [0.05, 0.1) is 7.11 Å². The Balaban J connectivity index is 1.70. The van der Waals surface area contributed by atoms with Crippen LogP contribution in [-0.4, -0.2) is 22.9 Å². The van der Waals surface area contributed by atoms with Crippen molar-refractivity contribution in [1.29, 1.82) is 0 Å². The van der Waals surface area contributed by atoms with Crippen LogP contribution in [-0.2, 0) is 12.5 Å². The highest BCUT2D eigenvalue weighted by molar-refractivity contribution is 5.67. The number of nitrogens with zero attached hydrogens (tertiary/aromatic N) is 3. The van der Waals surface area contributed by atoms with Crippen molar-refractivity contribution in [2.45, 2.75) is 24.9 Å². The molecule has 3 aromatic carbocycles. The van der Waals surface area contributed by atoms with Gasteiger partial charge < -0.3 is 15.0 Å². The summed E-state index contributed by atoms with van der Waals surface area (Å²) in [6.45, 7) is 3.76. The molecule has 1 unspecified atom stereocenters. The number of benzene rings is 3. The van der Waals surface area contributed by atoms with E-state index >= 15 is 8.78 Å². The number of ether oxygens (including phenoxy) is 1. The molecule has 1 N–H and O–H groups in total. The van der Waals surface area contributed by atoms with E-state index in [1.165, 1.54) is 13.2 Å². The van der Waals surface area contributed by atoms with Gasteiger partial charge in [0.25, 0.3) is 0 Å². The maximum absolute atomic E-state index is 16.3. The zero-order valence-corrected chi connectivity index (χ0v) is 20.0. The molecule has 0 spiro atoms. The zero-order chi connectivity index (χ0) is 26.2. The van der Waals surface area contributed by atoms with Crippen molar-refractivity contribution in [2.75, 3.05) is 17.3 Å². The number of anilines is 3. The zero-order valence-electron chi connectivity index (χ0n) is 20.0. The molecule has 4 aromatic rings. The molecule has 1 aliphatic heterocycles. The lowest BCUT2D eigenvalue weighted by atomic mass is 9.93. The second kappa shape index (κ2) is 9.65. The molecule has 0 fully saturated rings. The largest absolute Gasteiger partial charge is 0.497 e. The fraction of sp³-hybridized carbons (Fsp3) is 0.179. The predicted molar refractivity (Wildman–Crippen MR) is 135 cm³/mol. The molecule has 1 aromatic heterocycles. The van der Waals surface area contributed by atoms with Crippen molar-refractivity contribution in [3.63, 3.8) is 0 Å². The Kier molecular flexibility index (Phi) is 6.37. The number of para-hydroxylation sites is 1. The van der Waals surface area contributed by atoms with E-state index in [-0.39, 0.29) is 35.6 Å². The first-order valence-electron chi connectivity index (χ1n) is 11.7. The Hall–Kier alpha value is -4.27. The van der Waals surface area contributed by atoms with Crippen LogP contribution in [0.3, 0.4) is 0 Å². The minimum Gasteiger partial charge on any atom is -0.497 e. The fourth-order valence-corrected chi connectivity index (χ4v) is 4.67. The van der Waals surface area contributed by atoms with Crippen LogP contribution in [0.5, 0.6) is 5.75 Å². The molecule has 0 aliphatic carbocycles. The molecule has 0 radical (unpaired) electrons. The average Bonchev–Trinajstić information content (AvgIpc) is 3.24. The summed E-state index contributed by atoms with van der Waals surface area (Å²) in [4.78, 5) is 1.01. The van der Waals surface area contributed by atoms with Gasteiger partial charge >= 0.3 is 6.05 Å². The maximum atomic E-state index is 16.3. The predicted octanol–water partition coefficient (Wildman–Crippen LogP) is 6.96. The summed E-state index contributed by atoms with van der Waals surface area (Å²) < 4.78 is 67.4. The van der Waals surface area contributed by atoms with Gasteiger partial charge in [0.2, 0.25) is 0 Å². The highest BCUT2D eigenvalue weighted by Crippen LogP contribution is 2.47. The van der Waals surface area contributed by atoms with E-state index in [0.29, 0.717) is 17.5 Å². The Labute approximate surface area is 211 Å². The van der Waals surface area contributed by atoms with E-state index in [0.717, 1.165) is 15.6 Å². The van der Waals surface area contributed by atoms with Crippen molar-refractivity contribution in [1.82, 2.24) is 9.78 Å². The second-order valence-corrected chi connectivity index (χ2v) is 8.67. The van der Waals surface area contributed by atoms with Crippen LogP contribution in [0.4, 0.5) is 34.8 Å². The van der Waals surface area contributed by atoms with E-state index in [9.17, 15) is 8.78 Å². The molecule has 2 heterocycles. The van der Waals surface area contributed by atoms with Crippen LogP contribution >= 0.6 is 0 Å². The SMILES string of the molecule is C=CCC1Cc2c(nn(-c3ccc(F)cc3F)c2Nc2ccccc2)C(F)(F)N1c1ccc(OC)cc1. The first kappa shape index (κ1) is 24.4. The minimum absolute atomic E-state index is 0.152. The number of methoxy groups -OCH3 is 1. The standard InChI is InChI=1S/C28H24F4N4O/c1-3-7-21-17-23-26(28(31,32)35(21)20-11-13-22(37-2)14-12-20)34-36(25-15-10-18(29)16-24(25)30)27(23)33-19-8-5-4-6-9-19/h3-6,8-16,21,33H,1,7,17H2,2H3. The van der Waals surface area contributed by atoms with Gasteiger partial charge in [-0.15, -0.1) is 6.58 Å². The van der Waals surface area contributed by atoms with Gasteiger partial charge in [0, 0.05) is 29.0 Å². The van der Waals surface area contributed by atoms with Gasteiger partial charge in [-0.25, -0.2) is 13.5 Å². The molecule has 37 heavy (non-hydrogen) atoms. The number of fused-ring (bicyclic) bond motifs is 1. The highest BCUT2D eigenvalue weighted by Gasteiger charge is 2.52. The number of rotatable bonds is 7. The number of aromatic nitrogens is 2. The lowest BCUT2D eigenvalue weighted by Crippen LogP contribution is -2.51. The van der Waals surface area contributed by atoms with Gasteiger partial charge in [-0.3, -0.25) is 0 Å². The van der Waals surface area contributed by atoms with Crippen molar-refractivity contribution in [2.24, 2.45) is 0 Å². The Morgan fingerprint density at radius 2 is 1.81 bits per heavy atom. The molecule has 5 rings (SSSR count). The molecule has 0 saturated carbocycles. The van der Waals surface area contributed by atoms with Gasteiger partial charge in [0.1, 0.15) is 23.1 Å². The van der Waals surface area contributed by atoms with Gasteiger partial charge in [-0.2, -0.15) is 13.9 Å². The first-order chi connectivity index (χ1) is 17.8. The molecular weight excluding hydrogens is 484 g/mol. The molecule has 1 aliphatic rings. The summed E-state index contributed by atoms with van der Waals surface area (Å²) in [6, 6.07) is 14.0. The van der Waals surface area contributed by atoms with Crippen molar-refractivity contribution >= 4 is 17.2 Å². The molecule has 5 nitrogen and oxygen atoms in total. The number of hydrogen-bond acceptors (Lipinski definition) is 4. The molecule has 0 saturated heterocycles. The summed E-state index contributed by atoms with van der Waals surface area (Å²) >= 11 is 0. The third-order valence-corrected chi connectivity index (χ3v) is 6.34. The second-order valence-electron chi connectivity index (χ2n) is 8.67. The number of alkyl halides is 2. The normalized spacial score (nSPS) is 16.2. The fourth-order valence-electron chi connectivity index (χ4n) is 4.67. The van der Waals surface area contributed by atoms with E-state index in [2.05, 4.69) is 17.0 Å². The van der Waals surface area contributed by atoms with Crippen LogP contribution < -0.4 is 15.0 Å². The minimum atomic E-state index is -3.55. The van der Waals surface area contributed by atoms with Crippen LogP contribution in [0.1, 0.15) is 17.7 Å². The third kappa shape index (κ3) is 4.41. The monoisotopic (exact) mass is 508 g/mol. The van der Waals surface area contributed by atoms with E-state index < -0.39 is 29.4 Å². The van der Waals surface area contributed by atoms with Crippen LogP contribution in [0, 0.1) is 11.6 Å². The van der Waals surface area contributed by atoms with E-state index in [1.807, 2.05) is 6.07 Å². The van der Waals surface area contributed by atoms with Gasteiger partial charge in [-0.1, -0.05) is 24.3 Å². The van der Waals surface area contributed by atoms with Gasteiger partial charge in [0.15, 0.2) is 11.5 Å². The number of halogens is 4. The molecule has 0 bridgehead atoms. The third-order valence-electron chi connectivity index (χ3n) is 6.34. The molecule has 190 valence electrons. The lowest BCUT2D eigenvalue weighted by Gasteiger charge is -2.42. The van der Waals surface area contributed by atoms with Crippen LogP contribution in [0.15, 0.2) is 85.5 Å². The average molecular weight is 509 g/mol. The summed E-state index contributed by atoms with van der Waals surface area (Å²) in [5.74, 6) is -0.975. The molecular formula is C28H24F4N4O. The quantitative estimate of drug-likeness (QED) is 0.167. The Bertz CT molecular complexity index is 1420. The first-order valence-corrected chi connectivity index (χ1v) is 11.7. The lowest BCUT2D eigenvalue weighted by molar-refractivity contribution is -0.0278. The van der Waals surface area contributed by atoms with Gasteiger partial charge in [-0.05, 0) is 61.4 Å². The topological polar surface area (TPSA) is 42.3 Å². The summed E-state index contributed by atoms with van der Waals surface area (Å²) in [5.41, 5.74) is 0.472. The van der Waals surface area contributed by atoms with E-state index in [4.69, 9.17) is 4.74 Å². The number of nitrogens with one attached hydrogen (secondary N) is 1.